The Bertz CT molecular complexity index is 745. The van der Waals surface area contributed by atoms with Crippen molar-refractivity contribution in [2.75, 3.05) is 19.5 Å². The van der Waals surface area contributed by atoms with Crippen LogP contribution in [0.3, 0.4) is 0 Å². The number of hydrogen-bond acceptors (Lipinski definition) is 4. The highest BCUT2D eigenvalue weighted by Gasteiger charge is 2.32. The standard InChI is InChI=1S/C21H25NO3S/c1-21(2,26-3)19(12-23)22-20(24)25-13-18-16-10-6-4-8-14(16)15-9-5-7-11-17(15)18/h4-11,18-19,23H,12-13H2,1-3H3,(H,22,24)/t19-/m1/s1. The molecule has 1 aliphatic carbocycles. The molecule has 0 unspecified atom stereocenters. The maximum absolute atomic E-state index is 12.3. The van der Waals surface area contributed by atoms with Gasteiger partial charge in [0.05, 0.1) is 12.6 Å². The third kappa shape index (κ3) is 3.60. The summed E-state index contributed by atoms with van der Waals surface area (Å²) in [6.45, 7) is 4.13. The monoisotopic (exact) mass is 371 g/mol. The first-order valence-electron chi connectivity index (χ1n) is 8.75. The Morgan fingerprint density at radius 1 is 1.15 bits per heavy atom. The first kappa shape index (κ1) is 18.8. The molecule has 3 rings (SSSR count). The fourth-order valence-electron chi connectivity index (χ4n) is 3.36. The molecule has 4 nitrogen and oxygen atoms in total. The van der Waals surface area contributed by atoms with Gasteiger partial charge in [0.2, 0.25) is 0 Å². The van der Waals surface area contributed by atoms with Gasteiger partial charge in [0.15, 0.2) is 0 Å². The zero-order chi connectivity index (χ0) is 18.7. The van der Waals surface area contributed by atoms with Gasteiger partial charge in [0.25, 0.3) is 0 Å². The first-order chi connectivity index (χ1) is 12.5. The average Bonchev–Trinajstić information content (AvgIpc) is 2.98. The fourth-order valence-corrected chi connectivity index (χ4v) is 3.78. The summed E-state index contributed by atoms with van der Waals surface area (Å²) in [7, 11) is 0. The summed E-state index contributed by atoms with van der Waals surface area (Å²) < 4.78 is 5.26. The van der Waals surface area contributed by atoms with Gasteiger partial charge in [-0.2, -0.15) is 11.8 Å². The number of benzene rings is 2. The molecular weight excluding hydrogens is 346 g/mol. The van der Waals surface area contributed by atoms with Crippen molar-refractivity contribution in [1.29, 1.82) is 0 Å². The maximum atomic E-state index is 12.3. The van der Waals surface area contributed by atoms with Crippen molar-refractivity contribution >= 4 is 17.9 Å². The van der Waals surface area contributed by atoms with Crippen molar-refractivity contribution in [3.05, 3.63) is 59.7 Å². The first-order valence-corrected chi connectivity index (χ1v) is 9.98. The molecule has 0 bridgehead atoms. The Morgan fingerprint density at radius 2 is 1.69 bits per heavy atom. The predicted octanol–water partition coefficient (Wildman–Crippen LogP) is 4.03. The zero-order valence-corrected chi connectivity index (χ0v) is 16.2. The number of aliphatic hydroxyl groups is 1. The van der Waals surface area contributed by atoms with Gasteiger partial charge in [-0.15, -0.1) is 0 Å². The lowest BCUT2D eigenvalue weighted by Gasteiger charge is -2.31. The molecule has 1 amide bonds. The topological polar surface area (TPSA) is 58.6 Å². The van der Waals surface area contributed by atoms with Gasteiger partial charge >= 0.3 is 6.09 Å². The summed E-state index contributed by atoms with van der Waals surface area (Å²) in [5.41, 5.74) is 4.78. The van der Waals surface area contributed by atoms with Crippen LogP contribution in [0.4, 0.5) is 4.79 Å². The highest BCUT2D eigenvalue weighted by Crippen LogP contribution is 2.44. The molecule has 138 valence electrons. The van der Waals surface area contributed by atoms with Gasteiger partial charge in [-0.1, -0.05) is 48.5 Å². The van der Waals surface area contributed by atoms with Crippen molar-refractivity contribution in [3.8, 4) is 11.1 Å². The molecular formula is C21H25NO3S. The van der Waals surface area contributed by atoms with E-state index in [-0.39, 0.29) is 29.9 Å². The Hall–Kier alpha value is -1.98. The van der Waals surface area contributed by atoms with E-state index in [4.69, 9.17) is 4.74 Å². The van der Waals surface area contributed by atoms with Gasteiger partial charge in [-0.3, -0.25) is 0 Å². The number of aliphatic hydroxyl groups excluding tert-OH is 1. The lowest BCUT2D eigenvalue weighted by Crippen LogP contribution is -2.50. The number of hydrogen-bond donors (Lipinski definition) is 2. The number of fused-ring (bicyclic) bond motifs is 3. The third-order valence-electron chi connectivity index (χ3n) is 5.18. The lowest BCUT2D eigenvalue weighted by atomic mass is 9.98. The summed E-state index contributed by atoms with van der Waals surface area (Å²) in [5, 5.41) is 12.4. The minimum absolute atomic E-state index is 0.0364. The molecule has 2 aromatic rings. The number of thioether (sulfide) groups is 1. The SMILES string of the molecule is CSC(C)(C)[C@@H](CO)NC(=O)OCC1c2ccccc2-c2ccccc21. The molecule has 1 aliphatic rings. The zero-order valence-electron chi connectivity index (χ0n) is 15.4. The summed E-state index contributed by atoms with van der Waals surface area (Å²) in [5.74, 6) is 0.0364. The predicted molar refractivity (Wildman–Crippen MR) is 107 cm³/mol. The smallest absolute Gasteiger partial charge is 0.407 e. The lowest BCUT2D eigenvalue weighted by molar-refractivity contribution is 0.129. The van der Waals surface area contributed by atoms with E-state index >= 15 is 0 Å². The van der Waals surface area contributed by atoms with Crippen LogP contribution in [-0.2, 0) is 4.74 Å². The fraction of sp³-hybridized carbons (Fsp3) is 0.381. The minimum atomic E-state index is -0.493. The number of amides is 1. The number of alkyl carbamates (subject to hydrolysis) is 1. The maximum Gasteiger partial charge on any atom is 0.407 e. The molecule has 1 atom stereocenters. The van der Waals surface area contributed by atoms with E-state index in [9.17, 15) is 9.90 Å². The molecule has 0 heterocycles. The summed E-state index contributed by atoms with van der Waals surface area (Å²) in [6.07, 6.45) is 1.47. The molecule has 5 heteroatoms. The van der Waals surface area contributed by atoms with E-state index < -0.39 is 6.09 Å². The van der Waals surface area contributed by atoms with Crippen molar-refractivity contribution in [1.82, 2.24) is 5.32 Å². The van der Waals surface area contributed by atoms with E-state index in [2.05, 4.69) is 29.6 Å². The number of carbonyl (C=O) groups is 1. The second kappa shape index (κ2) is 7.72. The van der Waals surface area contributed by atoms with Crippen LogP contribution >= 0.6 is 11.8 Å². The van der Waals surface area contributed by atoms with Crippen molar-refractivity contribution < 1.29 is 14.6 Å². The van der Waals surface area contributed by atoms with E-state index in [1.807, 2.05) is 44.4 Å². The van der Waals surface area contributed by atoms with E-state index in [0.717, 1.165) is 0 Å². The number of carbonyl (C=O) groups excluding carboxylic acids is 1. The molecule has 2 N–H and O–H groups in total. The molecule has 26 heavy (non-hydrogen) atoms. The van der Waals surface area contributed by atoms with Crippen LogP contribution in [0.25, 0.3) is 11.1 Å². The second-order valence-electron chi connectivity index (χ2n) is 7.01. The summed E-state index contributed by atoms with van der Waals surface area (Å²) in [6, 6.07) is 16.1. The van der Waals surface area contributed by atoms with Crippen molar-refractivity contribution in [3.63, 3.8) is 0 Å². The van der Waals surface area contributed by atoms with Crippen LogP contribution < -0.4 is 5.32 Å². The van der Waals surface area contributed by atoms with E-state index in [1.165, 1.54) is 22.3 Å². The number of rotatable bonds is 6. The molecule has 0 aliphatic heterocycles. The Morgan fingerprint density at radius 3 is 2.19 bits per heavy atom. The molecule has 0 radical (unpaired) electrons. The van der Waals surface area contributed by atoms with Crippen LogP contribution in [0, 0.1) is 0 Å². The Kier molecular flexibility index (Phi) is 5.58. The van der Waals surface area contributed by atoms with Gasteiger partial charge < -0.3 is 15.2 Å². The van der Waals surface area contributed by atoms with E-state index in [0.29, 0.717) is 0 Å². The average molecular weight is 372 g/mol. The van der Waals surface area contributed by atoms with Crippen LogP contribution in [-0.4, -0.2) is 41.5 Å². The highest BCUT2D eigenvalue weighted by molar-refractivity contribution is 8.00. The van der Waals surface area contributed by atoms with E-state index in [1.54, 1.807) is 11.8 Å². The van der Waals surface area contributed by atoms with Crippen LogP contribution in [0.1, 0.15) is 30.9 Å². The third-order valence-corrected chi connectivity index (χ3v) is 6.52. The molecule has 0 fully saturated rings. The molecule has 0 saturated carbocycles. The van der Waals surface area contributed by atoms with Crippen LogP contribution in [0.5, 0.6) is 0 Å². The molecule has 0 saturated heterocycles. The highest BCUT2D eigenvalue weighted by atomic mass is 32.2. The van der Waals surface area contributed by atoms with Crippen LogP contribution in [0.15, 0.2) is 48.5 Å². The van der Waals surface area contributed by atoms with Gasteiger partial charge in [-0.05, 0) is 42.4 Å². The second-order valence-corrected chi connectivity index (χ2v) is 8.47. The van der Waals surface area contributed by atoms with Crippen LogP contribution in [0.2, 0.25) is 0 Å². The summed E-state index contributed by atoms with van der Waals surface area (Å²) in [4.78, 5) is 12.3. The quantitative estimate of drug-likeness (QED) is 0.805. The Labute approximate surface area is 159 Å². The molecule has 0 aromatic heterocycles. The normalized spacial score (nSPS) is 14.5. The van der Waals surface area contributed by atoms with Gasteiger partial charge in [-0.25, -0.2) is 4.79 Å². The van der Waals surface area contributed by atoms with Crippen molar-refractivity contribution in [2.24, 2.45) is 0 Å². The Balaban J connectivity index is 1.71. The molecule has 0 spiro atoms. The summed E-state index contributed by atoms with van der Waals surface area (Å²) >= 11 is 1.60. The van der Waals surface area contributed by atoms with Gasteiger partial charge in [0.1, 0.15) is 6.61 Å². The van der Waals surface area contributed by atoms with Crippen molar-refractivity contribution in [2.45, 2.75) is 30.6 Å². The number of ether oxygens (including phenoxy) is 1. The largest absolute Gasteiger partial charge is 0.449 e. The minimum Gasteiger partial charge on any atom is -0.449 e. The molecule has 2 aromatic carbocycles. The number of nitrogens with one attached hydrogen (secondary N) is 1. The van der Waals surface area contributed by atoms with Gasteiger partial charge in [0, 0.05) is 10.7 Å².